The first-order valence-electron chi connectivity index (χ1n) is 4.96. The van der Waals surface area contributed by atoms with Crippen molar-refractivity contribution in [1.29, 1.82) is 0 Å². The largest absolute Gasteiger partial charge is 0.390 e. The van der Waals surface area contributed by atoms with Crippen LogP contribution in [0.3, 0.4) is 0 Å². The summed E-state index contributed by atoms with van der Waals surface area (Å²) in [6.45, 7) is 0. The van der Waals surface area contributed by atoms with Gasteiger partial charge in [0.15, 0.2) is 0 Å². The van der Waals surface area contributed by atoms with Gasteiger partial charge in [0.25, 0.3) is 5.56 Å². The van der Waals surface area contributed by atoms with Gasteiger partial charge in [0.05, 0.1) is 6.10 Å². The highest BCUT2D eigenvalue weighted by Gasteiger charge is 2.38. The second-order valence-corrected chi connectivity index (χ2v) is 5.02. The van der Waals surface area contributed by atoms with Gasteiger partial charge in [-0.05, 0) is 22.6 Å². The zero-order chi connectivity index (χ0) is 12.6. The van der Waals surface area contributed by atoms with Crippen LogP contribution in [0.1, 0.15) is 12.6 Å². The van der Waals surface area contributed by atoms with Crippen molar-refractivity contribution in [2.75, 3.05) is 0 Å². The van der Waals surface area contributed by atoms with Gasteiger partial charge >= 0.3 is 5.69 Å². The fourth-order valence-electron chi connectivity index (χ4n) is 1.75. The second-order valence-electron chi connectivity index (χ2n) is 3.75. The van der Waals surface area contributed by atoms with Crippen LogP contribution in [-0.2, 0) is 4.74 Å². The van der Waals surface area contributed by atoms with Crippen LogP contribution in [0.4, 0.5) is 0 Å². The Bertz CT molecular complexity index is 511. The highest BCUT2D eigenvalue weighted by Crippen LogP contribution is 2.30. The van der Waals surface area contributed by atoms with Gasteiger partial charge in [-0.25, -0.2) is 4.79 Å². The number of ether oxygens (including phenoxy) is 1. The Morgan fingerprint density at radius 2 is 2.29 bits per heavy atom. The molecule has 1 aliphatic heterocycles. The van der Waals surface area contributed by atoms with Crippen LogP contribution in [0, 0.1) is 0 Å². The quantitative estimate of drug-likeness (QED) is 0.464. The number of nitrogens with one attached hydrogen (secondary N) is 1. The molecular weight excluding hydrogens is 343 g/mol. The molecule has 1 aromatic rings. The van der Waals surface area contributed by atoms with Crippen LogP contribution in [-0.4, -0.2) is 36.1 Å². The number of aromatic nitrogens is 2. The second kappa shape index (κ2) is 4.88. The summed E-state index contributed by atoms with van der Waals surface area (Å²) in [5.74, 6) is 0. The summed E-state index contributed by atoms with van der Waals surface area (Å²) < 4.78 is 5.70. The van der Waals surface area contributed by atoms with Gasteiger partial charge < -0.3 is 14.9 Å². The number of aliphatic hydroxyl groups excluding tert-OH is 2. The smallest absolute Gasteiger partial charge is 0.330 e. The minimum absolute atomic E-state index is 0.191. The summed E-state index contributed by atoms with van der Waals surface area (Å²) in [6.07, 6.45) is -0.758. The van der Waals surface area contributed by atoms with Crippen LogP contribution in [0.2, 0.25) is 0 Å². The normalized spacial score (nSPS) is 30.4. The van der Waals surface area contributed by atoms with Crippen LogP contribution in [0.5, 0.6) is 0 Å². The van der Waals surface area contributed by atoms with E-state index in [-0.39, 0.29) is 6.42 Å². The molecule has 2 unspecified atom stereocenters. The van der Waals surface area contributed by atoms with Crippen molar-refractivity contribution in [3.8, 4) is 0 Å². The molecule has 0 bridgehead atoms. The van der Waals surface area contributed by atoms with E-state index in [9.17, 15) is 19.8 Å². The Labute approximate surface area is 109 Å². The van der Waals surface area contributed by atoms with Crippen molar-refractivity contribution < 1.29 is 14.9 Å². The van der Waals surface area contributed by atoms with Crippen LogP contribution in [0.25, 0.3) is 0 Å². The van der Waals surface area contributed by atoms with Gasteiger partial charge in [0, 0.05) is 18.7 Å². The molecule has 94 valence electrons. The first kappa shape index (κ1) is 12.7. The highest BCUT2D eigenvalue weighted by atomic mass is 127. The molecule has 0 aromatic carbocycles. The van der Waals surface area contributed by atoms with Crippen LogP contribution < -0.4 is 11.2 Å². The molecule has 1 fully saturated rings. The van der Waals surface area contributed by atoms with E-state index in [4.69, 9.17) is 4.74 Å². The van der Waals surface area contributed by atoms with E-state index in [0.717, 1.165) is 0 Å². The molecule has 4 atom stereocenters. The Balaban J connectivity index is 2.26. The predicted molar refractivity (Wildman–Crippen MR) is 65.9 cm³/mol. The summed E-state index contributed by atoms with van der Waals surface area (Å²) in [4.78, 5) is 24.5. The fraction of sp³-hybridized carbons (Fsp3) is 0.556. The molecule has 3 N–H and O–H groups in total. The molecule has 0 radical (unpaired) electrons. The number of hydrogen-bond acceptors (Lipinski definition) is 5. The number of halogens is 1. The Morgan fingerprint density at radius 3 is 2.82 bits per heavy atom. The topological polar surface area (TPSA) is 105 Å². The van der Waals surface area contributed by atoms with Gasteiger partial charge in [-0.1, -0.05) is 0 Å². The van der Waals surface area contributed by atoms with Gasteiger partial charge in [-0.15, -0.1) is 0 Å². The molecule has 0 amide bonds. The number of alkyl halides is 1. The number of H-pyrrole nitrogens is 1. The van der Waals surface area contributed by atoms with E-state index in [0.29, 0.717) is 0 Å². The van der Waals surface area contributed by atoms with Gasteiger partial charge in [-0.2, -0.15) is 0 Å². The lowest BCUT2D eigenvalue weighted by Crippen LogP contribution is -2.32. The van der Waals surface area contributed by atoms with E-state index in [1.54, 1.807) is 22.6 Å². The first-order chi connectivity index (χ1) is 7.99. The van der Waals surface area contributed by atoms with E-state index in [2.05, 4.69) is 4.98 Å². The molecule has 1 aromatic heterocycles. The number of aromatic amines is 1. The lowest BCUT2D eigenvalue weighted by Gasteiger charge is -2.16. The molecule has 0 aliphatic carbocycles. The average Bonchev–Trinajstić information content (AvgIpc) is 2.60. The summed E-state index contributed by atoms with van der Waals surface area (Å²) in [5.41, 5.74) is -1.09. The lowest BCUT2D eigenvalue weighted by atomic mass is 10.2. The Morgan fingerprint density at radius 1 is 1.59 bits per heavy atom. The SMILES string of the molecule is O=c1ccn(C2C[C@H](O)[C@@H](C(O)I)O2)c(=O)[nH]1. The molecule has 2 heterocycles. The third-order valence-electron chi connectivity index (χ3n) is 2.57. The lowest BCUT2D eigenvalue weighted by molar-refractivity contribution is -0.0517. The molecule has 17 heavy (non-hydrogen) atoms. The number of nitrogens with zero attached hydrogens (tertiary/aromatic N) is 1. The van der Waals surface area contributed by atoms with E-state index in [1.165, 1.54) is 16.8 Å². The molecule has 7 nitrogen and oxygen atoms in total. The molecular formula is C9H11IN2O5. The summed E-state index contributed by atoms with van der Waals surface area (Å²) in [6, 6.07) is 1.20. The summed E-state index contributed by atoms with van der Waals surface area (Å²) in [7, 11) is 0. The molecule has 1 saturated heterocycles. The molecule has 8 heteroatoms. The molecule has 0 spiro atoms. The van der Waals surface area contributed by atoms with E-state index in [1.807, 2.05) is 0 Å². The number of aliphatic hydroxyl groups is 2. The van der Waals surface area contributed by atoms with Crippen LogP contribution >= 0.6 is 22.6 Å². The maximum Gasteiger partial charge on any atom is 0.330 e. The predicted octanol–water partition coefficient (Wildman–Crippen LogP) is -1.06. The fourth-order valence-corrected chi connectivity index (χ4v) is 2.40. The minimum atomic E-state index is -0.855. The third-order valence-corrected chi connectivity index (χ3v) is 3.28. The molecule has 0 saturated carbocycles. The van der Waals surface area contributed by atoms with Crippen molar-refractivity contribution in [2.45, 2.75) is 29.0 Å². The van der Waals surface area contributed by atoms with Gasteiger partial charge in [-0.3, -0.25) is 14.3 Å². The van der Waals surface area contributed by atoms with E-state index >= 15 is 0 Å². The Hall–Kier alpha value is -0.710. The number of rotatable bonds is 2. The van der Waals surface area contributed by atoms with Gasteiger partial charge in [0.2, 0.25) is 0 Å². The monoisotopic (exact) mass is 354 g/mol. The maximum absolute atomic E-state index is 11.5. The summed E-state index contributed by atoms with van der Waals surface area (Å²) in [5, 5.41) is 19.0. The number of hydrogen-bond donors (Lipinski definition) is 3. The first-order valence-corrected chi connectivity index (χ1v) is 6.21. The van der Waals surface area contributed by atoms with E-state index < -0.39 is 33.8 Å². The van der Waals surface area contributed by atoms with Crippen molar-refractivity contribution >= 4 is 22.6 Å². The zero-order valence-electron chi connectivity index (χ0n) is 8.62. The summed E-state index contributed by atoms with van der Waals surface area (Å²) >= 11 is 1.73. The molecule has 1 aliphatic rings. The van der Waals surface area contributed by atoms with Crippen LogP contribution in [0.15, 0.2) is 21.9 Å². The standard InChI is InChI=1S/C9H11IN2O5/c10-8(15)7-4(13)3-6(17-7)12-2-1-5(14)11-9(12)16/h1-2,4,6-8,13,15H,3H2,(H,11,14,16)/t4-,6?,7-,8?/m0/s1. The van der Waals surface area contributed by atoms with Gasteiger partial charge in [0.1, 0.15) is 16.4 Å². The Kier molecular flexibility index (Phi) is 3.66. The maximum atomic E-state index is 11.5. The average molecular weight is 354 g/mol. The van der Waals surface area contributed by atoms with Crippen molar-refractivity contribution in [3.63, 3.8) is 0 Å². The van der Waals surface area contributed by atoms with Crippen molar-refractivity contribution in [2.24, 2.45) is 0 Å². The zero-order valence-corrected chi connectivity index (χ0v) is 10.8. The minimum Gasteiger partial charge on any atom is -0.390 e. The third kappa shape index (κ3) is 2.59. The highest BCUT2D eigenvalue weighted by molar-refractivity contribution is 14.1. The van der Waals surface area contributed by atoms with Crippen molar-refractivity contribution in [3.05, 3.63) is 33.1 Å². The van der Waals surface area contributed by atoms with Crippen molar-refractivity contribution in [1.82, 2.24) is 9.55 Å². The molecule has 2 rings (SSSR count).